The molecule has 0 aliphatic carbocycles. The van der Waals surface area contributed by atoms with Crippen molar-refractivity contribution in [3.8, 4) is 34.1 Å². The molecule has 0 unspecified atom stereocenters. The first kappa shape index (κ1) is 23.8. The van der Waals surface area contributed by atoms with Gasteiger partial charge in [-0.25, -0.2) is 9.37 Å². The average molecular weight is 512 g/mol. The number of hydrogen-bond donors (Lipinski definition) is 1. The van der Waals surface area contributed by atoms with Gasteiger partial charge in [-0.3, -0.25) is 14.3 Å². The fourth-order valence-electron chi connectivity index (χ4n) is 4.76. The highest BCUT2D eigenvalue weighted by Crippen LogP contribution is 2.46. The maximum Gasteiger partial charge on any atom is 0.260 e. The van der Waals surface area contributed by atoms with Crippen LogP contribution in [0.4, 0.5) is 4.39 Å². The van der Waals surface area contributed by atoms with Crippen LogP contribution in [0.1, 0.15) is 15.9 Å². The molecular weight excluding hydrogens is 489 g/mol. The molecule has 9 nitrogen and oxygen atoms in total. The highest BCUT2D eigenvalue weighted by atomic mass is 35.5. The Balaban J connectivity index is 1.74. The average Bonchev–Trinajstić information content (AvgIpc) is 3.11. The van der Waals surface area contributed by atoms with Crippen molar-refractivity contribution in [3.63, 3.8) is 0 Å². The Morgan fingerprint density at radius 2 is 2.08 bits per heavy atom. The van der Waals surface area contributed by atoms with Crippen molar-refractivity contribution in [2.45, 2.75) is 13.0 Å². The summed E-state index contributed by atoms with van der Waals surface area (Å²) in [5, 5.41) is 14.6. The van der Waals surface area contributed by atoms with E-state index in [0.717, 1.165) is 5.56 Å². The maximum atomic E-state index is 14.9. The largest absolute Gasteiger partial charge is 0.507 e. The lowest BCUT2D eigenvalue weighted by molar-refractivity contribution is -0.128. The number of nitrogens with zero attached hydrogens (tertiary/aromatic N) is 5. The van der Waals surface area contributed by atoms with Crippen LogP contribution in [0.2, 0.25) is 5.02 Å². The standard InChI is InChI=1S/C25H23ClFN5O4/c1-4-17(34)31-8-9-32-14(11-31)12-36-24-19(25(32)35)22(23-13(2)10-28-30(23)3)29-21(20(24)26)18-15(27)6-5-7-16(18)33/h4-7,10,14,33H,1,8-9,11-12H2,2-3H3/t14-/m1/s1. The predicted octanol–water partition coefficient (Wildman–Crippen LogP) is 3.19. The number of hydrogen-bond acceptors (Lipinski definition) is 6. The van der Waals surface area contributed by atoms with Gasteiger partial charge in [-0.2, -0.15) is 5.10 Å². The molecule has 0 bridgehead atoms. The van der Waals surface area contributed by atoms with E-state index in [9.17, 15) is 19.1 Å². The number of amides is 2. The number of carbonyl (C=O) groups excluding carboxylic acids is 2. The molecule has 2 aliphatic heterocycles. The van der Waals surface area contributed by atoms with Crippen molar-refractivity contribution in [1.29, 1.82) is 0 Å². The number of carbonyl (C=O) groups is 2. The molecule has 36 heavy (non-hydrogen) atoms. The Labute approximate surface area is 211 Å². The molecule has 1 N–H and O–H groups in total. The van der Waals surface area contributed by atoms with Gasteiger partial charge in [0.05, 0.1) is 23.5 Å². The van der Waals surface area contributed by atoms with Crippen LogP contribution in [-0.4, -0.2) is 73.8 Å². The fourth-order valence-corrected chi connectivity index (χ4v) is 5.05. The van der Waals surface area contributed by atoms with Gasteiger partial charge < -0.3 is 19.6 Å². The highest BCUT2D eigenvalue weighted by molar-refractivity contribution is 6.35. The Kier molecular flexibility index (Phi) is 5.91. The molecule has 1 aromatic carbocycles. The molecule has 0 radical (unpaired) electrons. The summed E-state index contributed by atoms with van der Waals surface area (Å²) in [6, 6.07) is 3.44. The van der Waals surface area contributed by atoms with Gasteiger partial charge >= 0.3 is 0 Å². The van der Waals surface area contributed by atoms with Gasteiger partial charge in [0.2, 0.25) is 5.91 Å². The van der Waals surface area contributed by atoms with Gasteiger partial charge in [0.15, 0.2) is 5.75 Å². The number of piperazine rings is 1. The minimum absolute atomic E-state index is 0.0425. The quantitative estimate of drug-likeness (QED) is 0.542. The molecule has 1 saturated heterocycles. The lowest BCUT2D eigenvalue weighted by atomic mass is 10.0. The third kappa shape index (κ3) is 3.69. The number of aryl methyl sites for hydroxylation is 2. The molecule has 186 valence electrons. The second-order valence-electron chi connectivity index (χ2n) is 8.71. The molecule has 0 spiro atoms. The van der Waals surface area contributed by atoms with Gasteiger partial charge in [0.1, 0.15) is 40.1 Å². The molecule has 2 amide bonds. The summed E-state index contributed by atoms with van der Waals surface area (Å²) >= 11 is 6.72. The second-order valence-corrected chi connectivity index (χ2v) is 9.09. The van der Waals surface area contributed by atoms with Crippen molar-refractivity contribution in [2.24, 2.45) is 7.05 Å². The van der Waals surface area contributed by atoms with Gasteiger partial charge in [-0.15, -0.1) is 0 Å². The van der Waals surface area contributed by atoms with Crippen LogP contribution in [0.15, 0.2) is 37.1 Å². The molecule has 1 atom stereocenters. The van der Waals surface area contributed by atoms with Crippen molar-refractivity contribution in [1.82, 2.24) is 24.6 Å². The van der Waals surface area contributed by atoms with Crippen molar-refractivity contribution >= 4 is 23.4 Å². The zero-order chi connectivity index (χ0) is 25.7. The minimum Gasteiger partial charge on any atom is -0.507 e. The summed E-state index contributed by atoms with van der Waals surface area (Å²) in [5.74, 6) is -1.64. The van der Waals surface area contributed by atoms with E-state index >= 15 is 0 Å². The van der Waals surface area contributed by atoms with E-state index in [2.05, 4.69) is 16.7 Å². The Bertz CT molecular complexity index is 1380. The summed E-state index contributed by atoms with van der Waals surface area (Å²) < 4.78 is 22.6. The van der Waals surface area contributed by atoms with Crippen LogP contribution in [0.5, 0.6) is 11.5 Å². The Hall–Kier alpha value is -3.92. The number of pyridine rings is 1. The van der Waals surface area contributed by atoms with E-state index in [4.69, 9.17) is 16.3 Å². The van der Waals surface area contributed by atoms with E-state index in [1.807, 2.05) is 6.92 Å². The predicted molar refractivity (Wildman–Crippen MR) is 130 cm³/mol. The molecule has 3 aromatic rings. The van der Waals surface area contributed by atoms with E-state index < -0.39 is 11.9 Å². The van der Waals surface area contributed by atoms with Crippen LogP contribution in [-0.2, 0) is 11.8 Å². The summed E-state index contributed by atoms with van der Waals surface area (Å²) in [7, 11) is 1.70. The monoisotopic (exact) mass is 511 g/mol. The summed E-state index contributed by atoms with van der Waals surface area (Å²) in [4.78, 5) is 34.0. The first-order chi connectivity index (χ1) is 17.2. The van der Waals surface area contributed by atoms with Gasteiger partial charge in [-0.1, -0.05) is 24.2 Å². The Morgan fingerprint density at radius 1 is 1.31 bits per heavy atom. The number of phenols is 1. The molecule has 1 fully saturated rings. The molecule has 0 saturated carbocycles. The first-order valence-electron chi connectivity index (χ1n) is 11.3. The number of aromatic hydroxyl groups is 1. The van der Waals surface area contributed by atoms with Crippen LogP contribution in [0.25, 0.3) is 22.6 Å². The zero-order valence-corrected chi connectivity index (χ0v) is 20.4. The molecular formula is C25H23ClFN5O4. The van der Waals surface area contributed by atoms with E-state index in [1.165, 1.54) is 24.3 Å². The van der Waals surface area contributed by atoms with Crippen molar-refractivity contribution < 1.29 is 23.8 Å². The number of fused-ring (bicyclic) bond motifs is 2. The minimum atomic E-state index is -0.729. The summed E-state index contributed by atoms with van der Waals surface area (Å²) in [6.45, 7) is 6.28. The molecule has 2 aromatic heterocycles. The lowest BCUT2D eigenvalue weighted by Crippen LogP contribution is -2.57. The maximum absolute atomic E-state index is 14.9. The fraction of sp³-hybridized carbons (Fsp3) is 0.280. The number of halogens is 2. The van der Waals surface area contributed by atoms with E-state index in [0.29, 0.717) is 12.2 Å². The number of phenolic OH excluding ortho intramolecular Hbond substituents is 1. The SMILES string of the molecule is C=CC(=O)N1CCN2C(=O)c3c(-c4c(C)cnn4C)nc(-c4c(O)cccc4F)c(Cl)c3OC[C@H]2C1. The van der Waals surface area contributed by atoms with Crippen LogP contribution in [0, 0.1) is 12.7 Å². The van der Waals surface area contributed by atoms with Crippen molar-refractivity contribution in [2.75, 3.05) is 26.2 Å². The third-order valence-corrected chi connectivity index (χ3v) is 6.88. The number of benzene rings is 1. The van der Waals surface area contributed by atoms with Gasteiger partial charge in [0, 0.05) is 26.7 Å². The summed E-state index contributed by atoms with van der Waals surface area (Å²) in [5.41, 5.74) is 1.33. The van der Waals surface area contributed by atoms with Gasteiger partial charge in [0.25, 0.3) is 5.91 Å². The highest BCUT2D eigenvalue weighted by Gasteiger charge is 2.40. The summed E-state index contributed by atoms with van der Waals surface area (Å²) in [6.07, 6.45) is 2.86. The molecule has 11 heteroatoms. The smallest absolute Gasteiger partial charge is 0.260 e. The lowest BCUT2D eigenvalue weighted by Gasteiger charge is -2.39. The zero-order valence-electron chi connectivity index (χ0n) is 19.7. The first-order valence-corrected chi connectivity index (χ1v) is 11.7. The number of ether oxygens (including phenoxy) is 1. The number of rotatable bonds is 3. The van der Waals surface area contributed by atoms with Crippen molar-refractivity contribution in [3.05, 3.63) is 59.0 Å². The normalized spacial score (nSPS) is 17.2. The molecule has 2 aliphatic rings. The Morgan fingerprint density at radius 3 is 2.75 bits per heavy atom. The van der Waals surface area contributed by atoms with Gasteiger partial charge in [-0.05, 0) is 30.7 Å². The molecule has 5 rings (SSSR count). The molecule has 4 heterocycles. The number of aromatic nitrogens is 3. The van der Waals surface area contributed by atoms with E-state index in [-0.39, 0.29) is 70.5 Å². The second kappa shape index (κ2) is 8.94. The van der Waals surface area contributed by atoms with Crippen LogP contribution >= 0.6 is 11.6 Å². The topological polar surface area (TPSA) is 101 Å². The van der Waals surface area contributed by atoms with Crippen LogP contribution < -0.4 is 4.74 Å². The van der Waals surface area contributed by atoms with E-state index in [1.54, 1.807) is 27.7 Å². The van der Waals surface area contributed by atoms with Crippen LogP contribution in [0.3, 0.4) is 0 Å². The third-order valence-electron chi connectivity index (χ3n) is 6.53.